The molecule has 0 aromatic rings. The van der Waals surface area contributed by atoms with E-state index < -0.39 is 6.10 Å². The molecule has 0 spiro atoms. The zero-order valence-electron chi connectivity index (χ0n) is 7.70. The molecular formula is C9H16N2O. The number of hydrogen-bond donors (Lipinski definition) is 1. The second-order valence-electron chi connectivity index (χ2n) is 3.68. The zero-order valence-corrected chi connectivity index (χ0v) is 7.70. The summed E-state index contributed by atoms with van der Waals surface area (Å²) >= 11 is 0. The van der Waals surface area contributed by atoms with Gasteiger partial charge >= 0.3 is 0 Å². The number of aliphatic hydroxyl groups is 1. The number of likely N-dealkylation sites (tertiary alicyclic amines) is 1. The second kappa shape index (κ2) is 3.88. The molecule has 1 rings (SSSR count). The van der Waals surface area contributed by atoms with Gasteiger partial charge in [-0.25, -0.2) is 0 Å². The van der Waals surface area contributed by atoms with Gasteiger partial charge in [-0.1, -0.05) is 0 Å². The fourth-order valence-corrected chi connectivity index (χ4v) is 1.58. The van der Waals surface area contributed by atoms with Crippen molar-refractivity contribution in [3.8, 4) is 6.07 Å². The number of piperidine rings is 1. The van der Waals surface area contributed by atoms with Gasteiger partial charge in [0.1, 0.15) is 0 Å². The number of nitriles is 1. The van der Waals surface area contributed by atoms with E-state index >= 15 is 0 Å². The van der Waals surface area contributed by atoms with E-state index in [1.165, 1.54) is 0 Å². The van der Waals surface area contributed by atoms with Gasteiger partial charge in [0.2, 0.25) is 0 Å². The van der Waals surface area contributed by atoms with Crippen molar-refractivity contribution >= 4 is 0 Å². The average molecular weight is 168 g/mol. The van der Waals surface area contributed by atoms with Gasteiger partial charge in [-0.05, 0) is 26.8 Å². The molecule has 12 heavy (non-hydrogen) atoms. The third kappa shape index (κ3) is 1.96. The maximum absolute atomic E-state index is 9.52. The van der Waals surface area contributed by atoms with Crippen molar-refractivity contribution in [2.45, 2.75) is 32.4 Å². The van der Waals surface area contributed by atoms with Crippen molar-refractivity contribution in [2.24, 2.45) is 5.92 Å². The first-order valence-electron chi connectivity index (χ1n) is 4.47. The van der Waals surface area contributed by atoms with E-state index in [1.54, 1.807) is 0 Å². The lowest BCUT2D eigenvalue weighted by atomic mass is 9.95. The van der Waals surface area contributed by atoms with E-state index in [4.69, 9.17) is 5.26 Å². The molecule has 0 saturated carbocycles. The third-order valence-corrected chi connectivity index (χ3v) is 2.51. The van der Waals surface area contributed by atoms with Crippen molar-refractivity contribution in [2.75, 3.05) is 13.1 Å². The summed E-state index contributed by atoms with van der Waals surface area (Å²) in [6.07, 6.45) is 0.349. The lowest BCUT2D eigenvalue weighted by molar-refractivity contribution is 0.0289. The topological polar surface area (TPSA) is 47.3 Å². The average Bonchev–Trinajstić information content (AvgIpc) is 2.04. The first-order valence-corrected chi connectivity index (χ1v) is 4.47. The van der Waals surface area contributed by atoms with E-state index in [-0.39, 0.29) is 5.92 Å². The Morgan fingerprint density at radius 1 is 1.58 bits per heavy atom. The van der Waals surface area contributed by atoms with Crippen LogP contribution >= 0.6 is 0 Å². The molecule has 3 heteroatoms. The van der Waals surface area contributed by atoms with Crippen molar-refractivity contribution in [1.82, 2.24) is 4.90 Å². The van der Waals surface area contributed by atoms with Crippen molar-refractivity contribution in [1.29, 1.82) is 5.26 Å². The van der Waals surface area contributed by atoms with Crippen LogP contribution in [0.15, 0.2) is 0 Å². The van der Waals surface area contributed by atoms with Gasteiger partial charge in [0.15, 0.2) is 0 Å². The van der Waals surface area contributed by atoms with E-state index in [2.05, 4.69) is 24.8 Å². The molecule has 1 fully saturated rings. The summed E-state index contributed by atoms with van der Waals surface area (Å²) in [5.74, 6) is -0.153. The standard InChI is InChI=1S/C9H16N2O/c1-7(2)11-4-3-8(5-10)9(12)6-11/h7-9,12H,3-4,6H2,1-2H3/t8-,9+/m1/s1. The van der Waals surface area contributed by atoms with Gasteiger partial charge in [-0.15, -0.1) is 0 Å². The molecule has 68 valence electrons. The minimum absolute atomic E-state index is 0.153. The SMILES string of the molecule is CC(C)N1CC[C@H](C#N)[C@@H](O)C1. The molecule has 0 amide bonds. The predicted octanol–water partition coefficient (Wildman–Crippen LogP) is 0.601. The largest absolute Gasteiger partial charge is 0.390 e. The Balaban J connectivity index is 2.47. The second-order valence-corrected chi connectivity index (χ2v) is 3.68. The Bertz CT molecular complexity index is 185. The smallest absolute Gasteiger partial charge is 0.0825 e. The monoisotopic (exact) mass is 168 g/mol. The van der Waals surface area contributed by atoms with Gasteiger partial charge in [0.25, 0.3) is 0 Å². The van der Waals surface area contributed by atoms with E-state index in [1.807, 2.05) is 0 Å². The van der Waals surface area contributed by atoms with Crippen LogP contribution in [-0.4, -0.2) is 35.2 Å². The molecule has 0 bridgehead atoms. The zero-order chi connectivity index (χ0) is 9.14. The Morgan fingerprint density at radius 3 is 2.67 bits per heavy atom. The number of rotatable bonds is 1. The molecule has 1 aliphatic rings. The van der Waals surface area contributed by atoms with Crippen LogP contribution in [0.5, 0.6) is 0 Å². The third-order valence-electron chi connectivity index (χ3n) is 2.51. The van der Waals surface area contributed by atoms with Crippen molar-refractivity contribution < 1.29 is 5.11 Å². The number of β-amino-alcohol motifs (C(OH)–C–C–N with tert-alkyl or cyclic N) is 1. The van der Waals surface area contributed by atoms with Crippen molar-refractivity contribution in [3.63, 3.8) is 0 Å². The summed E-state index contributed by atoms with van der Waals surface area (Å²) in [4.78, 5) is 2.21. The summed E-state index contributed by atoms with van der Waals surface area (Å²) in [5.41, 5.74) is 0. The molecule has 0 unspecified atom stereocenters. The Morgan fingerprint density at radius 2 is 2.25 bits per heavy atom. The molecule has 3 nitrogen and oxygen atoms in total. The molecule has 0 aromatic heterocycles. The van der Waals surface area contributed by atoms with Crippen LogP contribution in [0.1, 0.15) is 20.3 Å². The molecule has 1 aliphatic heterocycles. The summed E-state index contributed by atoms with van der Waals surface area (Å²) in [7, 11) is 0. The summed E-state index contributed by atoms with van der Waals surface area (Å²) < 4.78 is 0. The summed E-state index contributed by atoms with van der Waals surface area (Å²) in [6.45, 7) is 5.81. The number of aliphatic hydroxyl groups excluding tert-OH is 1. The highest BCUT2D eigenvalue weighted by molar-refractivity contribution is 4.93. The van der Waals surface area contributed by atoms with Gasteiger partial charge in [0.05, 0.1) is 18.1 Å². The maximum Gasteiger partial charge on any atom is 0.0825 e. The molecule has 0 radical (unpaired) electrons. The molecule has 0 aliphatic carbocycles. The van der Waals surface area contributed by atoms with Crippen LogP contribution in [0, 0.1) is 17.2 Å². The van der Waals surface area contributed by atoms with Crippen molar-refractivity contribution in [3.05, 3.63) is 0 Å². The highest BCUT2D eigenvalue weighted by Crippen LogP contribution is 2.18. The van der Waals surface area contributed by atoms with Crippen LogP contribution in [0.4, 0.5) is 0 Å². The summed E-state index contributed by atoms with van der Waals surface area (Å²) in [6, 6.07) is 2.61. The predicted molar refractivity (Wildman–Crippen MR) is 46.4 cm³/mol. The van der Waals surface area contributed by atoms with E-state index in [0.29, 0.717) is 12.6 Å². The molecule has 2 atom stereocenters. The normalized spacial score (nSPS) is 31.9. The number of nitrogens with zero attached hydrogens (tertiary/aromatic N) is 2. The Labute approximate surface area is 73.6 Å². The Hall–Kier alpha value is -0.590. The fraction of sp³-hybridized carbons (Fsp3) is 0.889. The van der Waals surface area contributed by atoms with Crippen LogP contribution in [0.2, 0.25) is 0 Å². The van der Waals surface area contributed by atoms with E-state index in [0.717, 1.165) is 13.0 Å². The Kier molecular flexibility index (Phi) is 3.07. The molecule has 0 aromatic carbocycles. The first-order chi connectivity index (χ1) is 5.65. The highest BCUT2D eigenvalue weighted by Gasteiger charge is 2.28. The van der Waals surface area contributed by atoms with Crippen LogP contribution in [-0.2, 0) is 0 Å². The lowest BCUT2D eigenvalue weighted by Crippen LogP contribution is -2.46. The molecule has 1 N–H and O–H groups in total. The van der Waals surface area contributed by atoms with Crippen LogP contribution in [0.3, 0.4) is 0 Å². The fourth-order valence-electron chi connectivity index (χ4n) is 1.58. The molecule has 1 heterocycles. The maximum atomic E-state index is 9.52. The highest BCUT2D eigenvalue weighted by atomic mass is 16.3. The first kappa shape index (κ1) is 9.50. The van der Waals surface area contributed by atoms with E-state index in [9.17, 15) is 5.11 Å². The van der Waals surface area contributed by atoms with Gasteiger partial charge in [0, 0.05) is 12.6 Å². The lowest BCUT2D eigenvalue weighted by Gasteiger charge is -2.35. The van der Waals surface area contributed by atoms with Crippen LogP contribution < -0.4 is 0 Å². The molecule has 1 saturated heterocycles. The van der Waals surface area contributed by atoms with Crippen LogP contribution in [0.25, 0.3) is 0 Å². The van der Waals surface area contributed by atoms with Gasteiger partial charge < -0.3 is 5.11 Å². The quantitative estimate of drug-likeness (QED) is 0.623. The minimum atomic E-state index is -0.453. The minimum Gasteiger partial charge on any atom is -0.390 e. The summed E-state index contributed by atoms with van der Waals surface area (Å²) in [5, 5.41) is 18.2. The van der Waals surface area contributed by atoms with Gasteiger partial charge in [-0.2, -0.15) is 5.26 Å². The number of hydrogen-bond acceptors (Lipinski definition) is 3. The van der Waals surface area contributed by atoms with Gasteiger partial charge in [-0.3, -0.25) is 4.90 Å². The molecular weight excluding hydrogens is 152 g/mol.